The van der Waals surface area contributed by atoms with E-state index in [1.165, 1.54) is 54.3 Å². The molecule has 1 amide bonds. The standard InChI is InChI=1S/C20H16FN3O5/c1-29-18-10-15(24(27)28)7-8-17(18)22-20(26)14-6-9-19(25)23(12-14)11-13-4-2-3-5-16(13)21/h2-10,12H,11H2,1H3,(H,22,26). The van der Waals surface area contributed by atoms with Gasteiger partial charge in [-0.15, -0.1) is 0 Å². The summed E-state index contributed by atoms with van der Waals surface area (Å²) in [6, 6.07) is 12.4. The number of nitro benzene ring substituents is 1. The Labute approximate surface area is 164 Å². The number of nitro groups is 1. The fourth-order valence-electron chi connectivity index (χ4n) is 2.69. The Balaban J connectivity index is 1.86. The Morgan fingerprint density at radius 3 is 2.66 bits per heavy atom. The lowest BCUT2D eigenvalue weighted by Gasteiger charge is -2.12. The molecule has 0 fully saturated rings. The summed E-state index contributed by atoms with van der Waals surface area (Å²) in [6.45, 7) is -0.0342. The molecule has 1 heterocycles. The van der Waals surface area contributed by atoms with Crippen LogP contribution in [-0.2, 0) is 6.54 Å². The Kier molecular flexibility index (Phi) is 5.68. The van der Waals surface area contributed by atoms with Gasteiger partial charge in [0.25, 0.3) is 17.2 Å². The second-order valence-corrected chi connectivity index (χ2v) is 6.07. The number of carbonyl (C=O) groups is 1. The van der Waals surface area contributed by atoms with Crippen LogP contribution in [0.2, 0.25) is 0 Å². The summed E-state index contributed by atoms with van der Waals surface area (Å²) in [5, 5.41) is 13.5. The highest BCUT2D eigenvalue weighted by atomic mass is 19.1. The average Bonchev–Trinajstić information content (AvgIpc) is 2.71. The van der Waals surface area contributed by atoms with Crippen LogP contribution in [0.15, 0.2) is 65.6 Å². The zero-order valence-electron chi connectivity index (χ0n) is 15.3. The minimum atomic E-state index is -0.577. The van der Waals surface area contributed by atoms with E-state index in [-0.39, 0.29) is 29.2 Å². The zero-order valence-corrected chi connectivity index (χ0v) is 15.3. The summed E-state index contributed by atoms with van der Waals surface area (Å²) >= 11 is 0. The second kappa shape index (κ2) is 8.34. The number of hydrogen-bond acceptors (Lipinski definition) is 5. The smallest absolute Gasteiger partial charge is 0.273 e. The lowest BCUT2D eigenvalue weighted by atomic mass is 10.2. The SMILES string of the molecule is COc1cc([N+](=O)[O-])ccc1NC(=O)c1ccc(=O)n(Cc2ccccc2F)c1. The van der Waals surface area contributed by atoms with E-state index in [0.717, 1.165) is 0 Å². The van der Waals surface area contributed by atoms with Crippen molar-refractivity contribution in [2.75, 3.05) is 12.4 Å². The first-order valence-corrected chi connectivity index (χ1v) is 8.46. The monoisotopic (exact) mass is 397 g/mol. The van der Waals surface area contributed by atoms with Gasteiger partial charge in [0.1, 0.15) is 11.6 Å². The summed E-state index contributed by atoms with van der Waals surface area (Å²) < 4.78 is 20.2. The minimum absolute atomic E-state index is 0.0342. The fraction of sp³-hybridized carbons (Fsp3) is 0.100. The van der Waals surface area contributed by atoms with E-state index in [4.69, 9.17) is 4.74 Å². The normalized spacial score (nSPS) is 10.4. The molecule has 2 aromatic carbocycles. The predicted molar refractivity (Wildman–Crippen MR) is 104 cm³/mol. The van der Waals surface area contributed by atoms with E-state index in [2.05, 4.69) is 5.32 Å². The predicted octanol–water partition coefficient (Wildman–Crippen LogP) is 3.20. The van der Waals surface area contributed by atoms with Crippen LogP contribution in [0.3, 0.4) is 0 Å². The fourth-order valence-corrected chi connectivity index (χ4v) is 2.69. The molecule has 0 aliphatic rings. The summed E-state index contributed by atoms with van der Waals surface area (Å²) in [4.78, 5) is 35.0. The van der Waals surface area contributed by atoms with Crippen LogP contribution in [0.4, 0.5) is 15.8 Å². The molecule has 9 heteroatoms. The van der Waals surface area contributed by atoms with Crippen LogP contribution in [0, 0.1) is 15.9 Å². The summed E-state index contributed by atoms with van der Waals surface area (Å²) in [5.74, 6) is -0.892. The van der Waals surface area contributed by atoms with Gasteiger partial charge in [0.2, 0.25) is 0 Å². The van der Waals surface area contributed by atoms with Crippen LogP contribution >= 0.6 is 0 Å². The number of amides is 1. The lowest BCUT2D eigenvalue weighted by molar-refractivity contribution is -0.384. The van der Waals surface area contributed by atoms with Gasteiger partial charge in [0.15, 0.2) is 0 Å². The Morgan fingerprint density at radius 2 is 1.97 bits per heavy atom. The maximum absolute atomic E-state index is 13.9. The van der Waals surface area contributed by atoms with Gasteiger partial charge in [0.05, 0.1) is 35.9 Å². The quantitative estimate of drug-likeness (QED) is 0.508. The van der Waals surface area contributed by atoms with Gasteiger partial charge in [-0.2, -0.15) is 0 Å². The second-order valence-electron chi connectivity index (χ2n) is 6.07. The number of methoxy groups -OCH3 is 1. The van der Waals surface area contributed by atoms with E-state index in [1.807, 2.05) is 0 Å². The molecule has 1 aromatic heterocycles. The van der Waals surface area contributed by atoms with E-state index < -0.39 is 22.2 Å². The highest BCUT2D eigenvalue weighted by molar-refractivity contribution is 6.04. The first-order valence-electron chi connectivity index (χ1n) is 8.46. The molecule has 1 N–H and O–H groups in total. The number of non-ortho nitro benzene ring substituents is 1. The molecule has 8 nitrogen and oxygen atoms in total. The molecular formula is C20H16FN3O5. The number of ether oxygens (including phenoxy) is 1. The molecule has 0 spiro atoms. The van der Waals surface area contributed by atoms with Crippen molar-refractivity contribution in [1.82, 2.24) is 4.57 Å². The number of halogens is 1. The van der Waals surface area contributed by atoms with Gasteiger partial charge in [0, 0.05) is 23.9 Å². The van der Waals surface area contributed by atoms with Crippen molar-refractivity contribution in [2.24, 2.45) is 0 Å². The van der Waals surface area contributed by atoms with Crippen LogP contribution < -0.4 is 15.6 Å². The van der Waals surface area contributed by atoms with Crippen LogP contribution in [0.1, 0.15) is 15.9 Å². The highest BCUT2D eigenvalue weighted by Crippen LogP contribution is 2.29. The Hall–Kier alpha value is -4.01. The lowest BCUT2D eigenvalue weighted by Crippen LogP contribution is -2.23. The van der Waals surface area contributed by atoms with Crippen molar-refractivity contribution in [3.8, 4) is 5.75 Å². The largest absolute Gasteiger partial charge is 0.494 e. The van der Waals surface area contributed by atoms with Gasteiger partial charge in [-0.1, -0.05) is 18.2 Å². The number of hydrogen-bond donors (Lipinski definition) is 1. The number of pyridine rings is 1. The van der Waals surface area contributed by atoms with E-state index in [9.17, 15) is 24.1 Å². The molecule has 3 aromatic rings. The molecule has 0 radical (unpaired) electrons. The summed E-state index contributed by atoms with van der Waals surface area (Å²) in [7, 11) is 1.32. The van der Waals surface area contributed by atoms with Crippen molar-refractivity contribution in [2.45, 2.75) is 6.54 Å². The van der Waals surface area contributed by atoms with Gasteiger partial charge >= 0.3 is 0 Å². The van der Waals surface area contributed by atoms with E-state index >= 15 is 0 Å². The number of carbonyl (C=O) groups excluding carboxylic acids is 1. The number of benzene rings is 2. The molecule has 0 unspecified atom stereocenters. The number of anilines is 1. The molecule has 0 saturated carbocycles. The molecule has 3 rings (SSSR count). The third kappa shape index (κ3) is 4.46. The first-order chi connectivity index (χ1) is 13.9. The van der Waals surface area contributed by atoms with Crippen molar-refractivity contribution in [3.63, 3.8) is 0 Å². The summed E-state index contributed by atoms with van der Waals surface area (Å²) in [5.41, 5.74) is 0.122. The molecule has 0 bridgehead atoms. The maximum Gasteiger partial charge on any atom is 0.273 e. The van der Waals surface area contributed by atoms with Gasteiger partial charge < -0.3 is 14.6 Å². The van der Waals surface area contributed by atoms with Crippen molar-refractivity contribution in [3.05, 3.63) is 98.2 Å². The first kappa shape index (κ1) is 19.7. The molecule has 0 aliphatic heterocycles. The van der Waals surface area contributed by atoms with E-state index in [0.29, 0.717) is 5.56 Å². The number of nitrogens with zero attached hydrogens (tertiary/aromatic N) is 2. The third-order valence-electron chi connectivity index (χ3n) is 4.19. The molecule has 148 valence electrons. The van der Waals surface area contributed by atoms with Crippen LogP contribution in [0.25, 0.3) is 0 Å². The minimum Gasteiger partial charge on any atom is -0.494 e. The van der Waals surface area contributed by atoms with Crippen LogP contribution in [0.5, 0.6) is 5.75 Å². The molecule has 0 atom stereocenters. The van der Waals surface area contributed by atoms with Crippen molar-refractivity contribution >= 4 is 17.3 Å². The molecular weight excluding hydrogens is 381 g/mol. The number of nitrogens with one attached hydrogen (secondary N) is 1. The van der Waals surface area contributed by atoms with Crippen LogP contribution in [-0.4, -0.2) is 22.5 Å². The van der Waals surface area contributed by atoms with Gasteiger partial charge in [-0.25, -0.2) is 4.39 Å². The van der Waals surface area contributed by atoms with E-state index in [1.54, 1.807) is 18.2 Å². The maximum atomic E-state index is 13.9. The zero-order chi connectivity index (χ0) is 21.0. The molecule has 29 heavy (non-hydrogen) atoms. The highest BCUT2D eigenvalue weighted by Gasteiger charge is 2.15. The number of rotatable bonds is 6. The topological polar surface area (TPSA) is 103 Å². The Morgan fingerprint density at radius 1 is 1.21 bits per heavy atom. The third-order valence-corrected chi connectivity index (χ3v) is 4.19. The van der Waals surface area contributed by atoms with Crippen molar-refractivity contribution < 1.29 is 18.8 Å². The van der Waals surface area contributed by atoms with Gasteiger partial charge in [-0.05, 0) is 18.2 Å². The molecule has 0 aliphatic carbocycles. The Bertz CT molecular complexity index is 1140. The molecule has 0 saturated heterocycles. The van der Waals surface area contributed by atoms with Crippen molar-refractivity contribution in [1.29, 1.82) is 0 Å². The average molecular weight is 397 g/mol. The summed E-state index contributed by atoms with van der Waals surface area (Å²) in [6.07, 6.45) is 1.32. The van der Waals surface area contributed by atoms with Gasteiger partial charge in [-0.3, -0.25) is 19.7 Å². The number of aromatic nitrogens is 1.